The number of aromatic nitrogens is 3. The first-order valence-corrected chi connectivity index (χ1v) is 8.86. The lowest BCUT2D eigenvalue weighted by molar-refractivity contribution is -0.133. The molecule has 24 heavy (non-hydrogen) atoms. The Kier molecular flexibility index (Phi) is 5.51. The standard InChI is InChI=1S/C18H23ClN4O/c1-22(17(24)10-11-23-13-20-12-21-23)18(14-4-2-3-5-14)15-6-8-16(19)9-7-15/h6-9,12-14,18H,2-5,10-11H2,1H3/t18-/m0/s1. The molecule has 1 aromatic heterocycles. The van der Waals surface area contributed by atoms with Gasteiger partial charge in [-0.1, -0.05) is 36.6 Å². The van der Waals surface area contributed by atoms with E-state index in [-0.39, 0.29) is 11.9 Å². The number of hydrogen-bond acceptors (Lipinski definition) is 3. The summed E-state index contributed by atoms with van der Waals surface area (Å²) >= 11 is 6.03. The van der Waals surface area contributed by atoms with Gasteiger partial charge in [-0.05, 0) is 36.5 Å². The zero-order valence-electron chi connectivity index (χ0n) is 13.9. The summed E-state index contributed by atoms with van der Waals surface area (Å²) in [6, 6.07) is 8.03. The number of rotatable bonds is 6. The van der Waals surface area contributed by atoms with Gasteiger partial charge in [0.1, 0.15) is 12.7 Å². The van der Waals surface area contributed by atoms with Crippen LogP contribution in [0.1, 0.15) is 43.7 Å². The fourth-order valence-corrected chi connectivity index (χ4v) is 3.76. The Morgan fingerprint density at radius 1 is 1.33 bits per heavy atom. The lowest BCUT2D eigenvalue weighted by Gasteiger charge is -2.33. The van der Waals surface area contributed by atoms with Crippen LogP contribution in [-0.2, 0) is 11.3 Å². The first-order chi connectivity index (χ1) is 11.6. The fourth-order valence-electron chi connectivity index (χ4n) is 3.63. The molecule has 1 heterocycles. The minimum Gasteiger partial charge on any atom is -0.338 e. The van der Waals surface area contributed by atoms with E-state index in [1.54, 1.807) is 11.0 Å². The van der Waals surface area contributed by atoms with Crippen molar-refractivity contribution in [3.05, 3.63) is 47.5 Å². The molecular formula is C18H23ClN4O. The third kappa shape index (κ3) is 3.96. The topological polar surface area (TPSA) is 51.0 Å². The van der Waals surface area contributed by atoms with Gasteiger partial charge in [0.15, 0.2) is 0 Å². The molecule has 2 aromatic rings. The predicted molar refractivity (Wildman–Crippen MR) is 93.6 cm³/mol. The third-order valence-electron chi connectivity index (χ3n) is 4.89. The summed E-state index contributed by atoms with van der Waals surface area (Å²) in [6.45, 7) is 0.557. The van der Waals surface area contributed by atoms with Gasteiger partial charge in [-0.2, -0.15) is 5.10 Å². The lowest BCUT2D eigenvalue weighted by atomic mass is 9.90. The zero-order valence-corrected chi connectivity index (χ0v) is 14.7. The zero-order chi connectivity index (χ0) is 16.9. The molecule has 128 valence electrons. The largest absolute Gasteiger partial charge is 0.338 e. The van der Waals surface area contributed by atoms with Crippen LogP contribution in [0.4, 0.5) is 0 Å². The van der Waals surface area contributed by atoms with Gasteiger partial charge < -0.3 is 4.90 Å². The molecule has 6 heteroatoms. The van der Waals surface area contributed by atoms with Crippen LogP contribution < -0.4 is 0 Å². The van der Waals surface area contributed by atoms with Gasteiger partial charge in [-0.3, -0.25) is 9.48 Å². The van der Waals surface area contributed by atoms with Crippen LogP contribution in [0.3, 0.4) is 0 Å². The van der Waals surface area contributed by atoms with Crippen LogP contribution in [-0.4, -0.2) is 32.6 Å². The van der Waals surface area contributed by atoms with Gasteiger partial charge in [-0.25, -0.2) is 4.98 Å². The molecule has 1 saturated carbocycles. The van der Waals surface area contributed by atoms with Crippen molar-refractivity contribution in [1.82, 2.24) is 19.7 Å². The monoisotopic (exact) mass is 346 g/mol. The molecule has 1 aromatic carbocycles. The molecule has 1 atom stereocenters. The van der Waals surface area contributed by atoms with Crippen LogP contribution in [0, 0.1) is 5.92 Å². The maximum absolute atomic E-state index is 12.7. The van der Waals surface area contributed by atoms with E-state index in [4.69, 9.17) is 11.6 Å². The molecule has 1 fully saturated rings. The summed E-state index contributed by atoms with van der Waals surface area (Å²) in [5, 5.41) is 4.78. The Hall–Kier alpha value is -1.88. The second-order valence-electron chi connectivity index (χ2n) is 6.45. The van der Waals surface area contributed by atoms with Crippen molar-refractivity contribution in [2.75, 3.05) is 7.05 Å². The lowest BCUT2D eigenvalue weighted by Crippen LogP contribution is -2.35. The molecule has 0 radical (unpaired) electrons. The SMILES string of the molecule is CN(C(=O)CCn1cncn1)[C@H](c1ccc(Cl)cc1)C1CCCC1. The number of halogens is 1. The summed E-state index contributed by atoms with van der Waals surface area (Å²) < 4.78 is 1.69. The molecular weight excluding hydrogens is 324 g/mol. The van der Waals surface area contributed by atoms with E-state index < -0.39 is 0 Å². The highest BCUT2D eigenvalue weighted by atomic mass is 35.5. The van der Waals surface area contributed by atoms with E-state index in [0.717, 1.165) is 5.02 Å². The molecule has 1 aliphatic carbocycles. The number of hydrogen-bond donors (Lipinski definition) is 0. The maximum Gasteiger partial charge on any atom is 0.224 e. The molecule has 1 aliphatic rings. The fraction of sp³-hybridized carbons (Fsp3) is 0.500. The Bertz CT molecular complexity index is 650. The molecule has 0 unspecified atom stereocenters. The van der Waals surface area contributed by atoms with Gasteiger partial charge in [0.25, 0.3) is 0 Å². The first-order valence-electron chi connectivity index (χ1n) is 8.48. The minimum atomic E-state index is 0.119. The number of carbonyl (C=O) groups is 1. The number of amides is 1. The first kappa shape index (κ1) is 17.0. The van der Waals surface area contributed by atoms with E-state index in [2.05, 4.69) is 10.1 Å². The Labute approximate surface area is 147 Å². The summed E-state index contributed by atoms with van der Waals surface area (Å²) in [6.07, 6.45) is 8.40. The molecule has 5 nitrogen and oxygen atoms in total. The van der Waals surface area contributed by atoms with Gasteiger partial charge in [0.2, 0.25) is 5.91 Å². The second kappa shape index (κ2) is 7.79. The number of benzene rings is 1. The van der Waals surface area contributed by atoms with Crippen molar-refractivity contribution in [1.29, 1.82) is 0 Å². The van der Waals surface area contributed by atoms with E-state index in [1.807, 2.05) is 36.2 Å². The molecule has 1 amide bonds. The van der Waals surface area contributed by atoms with Gasteiger partial charge in [0, 0.05) is 18.5 Å². The van der Waals surface area contributed by atoms with Crippen LogP contribution in [0.5, 0.6) is 0 Å². The molecule has 0 N–H and O–H groups in total. The van der Waals surface area contributed by atoms with E-state index in [1.165, 1.54) is 37.6 Å². The highest BCUT2D eigenvalue weighted by molar-refractivity contribution is 6.30. The quantitative estimate of drug-likeness (QED) is 0.801. The number of carbonyl (C=O) groups excluding carboxylic acids is 1. The average Bonchev–Trinajstić information content (AvgIpc) is 3.28. The maximum atomic E-state index is 12.7. The molecule has 0 saturated heterocycles. The van der Waals surface area contributed by atoms with Gasteiger partial charge in [0.05, 0.1) is 12.6 Å². The smallest absolute Gasteiger partial charge is 0.224 e. The summed E-state index contributed by atoms with van der Waals surface area (Å²) in [7, 11) is 1.92. The van der Waals surface area contributed by atoms with Gasteiger partial charge in [-0.15, -0.1) is 0 Å². The number of aryl methyl sites for hydroxylation is 1. The van der Waals surface area contributed by atoms with Crippen molar-refractivity contribution >= 4 is 17.5 Å². The van der Waals surface area contributed by atoms with Crippen LogP contribution >= 0.6 is 11.6 Å². The van der Waals surface area contributed by atoms with E-state index in [9.17, 15) is 4.79 Å². The third-order valence-corrected chi connectivity index (χ3v) is 5.14. The molecule has 0 aliphatic heterocycles. The van der Waals surface area contributed by atoms with Crippen LogP contribution in [0.15, 0.2) is 36.9 Å². The van der Waals surface area contributed by atoms with Gasteiger partial charge >= 0.3 is 0 Å². The van der Waals surface area contributed by atoms with Crippen molar-refractivity contribution < 1.29 is 4.79 Å². The van der Waals surface area contributed by atoms with Crippen molar-refractivity contribution in [2.45, 2.75) is 44.7 Å². The number of nitrogens with zero attached hydrogens (tertiary/aromatic N) is 4. The van der Waals surface area contributed by atoms with Crippen LogP contribution in [0.25, 0.3) is 0 Å². The van der Waals surface area contributed by atoms with E-state index >= 15 is 0 Å². The second-order valence-corrected chi connectivity index (χ2v) is 6.89. The minimum absolute atomic E-state index is 0.119. The van der Waals surface area contributed by atoms with E-state index in [0.29, 0.717) is 18.9 Å². The normalized spacial score (nSPS) is 16.2. The Morgan fingerprint density at radius 2 is 2.04 bits per heavy atom. The van der Waals surface area contributed by atoms with Crippen molar-refractivity contribution in [3.8, 4) is 0 Å². The average molecular weight is 347 g/mol. The highest BCUT2D eigenvalue weighted by Crippen LogP contribution is 2.39. The van der Waals surface area contributed by atoms with Crippen LogP contribution in [0.2, 0.25) is 5.02 Å². The molecule has 3 rings (SSSR count). The molecule has 0 spiro atoms. The van der Waals surface area contributed by atoms with Crippen molar-refractivity contribution in [3.63, 3.8) is 0 Å². The Balaban J connectivity index is 1.73. The summed E-state index contributed by atoms with van der Waals surface area (Å²) in [4.78, 5) is 18.5. The predicted octanol–water partition coefficient (Wildman–Crippen LogP) is 3.71. The highest BCUT2D eigenvalue weighted by Gasteiger charge is 2.31. The van der Waals surface area contributed by atoms with Crippen molar-refractivity contribution in [2.24, 2.45) is 5.92 Å². The summed E-state index contributed by atoms with van der Waals surface area (Å²) in [5.41, 5.74) is 1.17. The Morgan fingerprint density at radius 3 is 2.67 bits per heavy atom. The summed E-state index contributed by atoms with van der Waals surface area (Å²) in [5.74, 6) is 0.656. The molecule has 0 bridgehead atoms.